The molecule has 0 aliphatic rings. The summed E-state index contributed by atoms with van der Waals surface area (Å²) in [5, 5.41) is 5.75. The summed E-state index contributed by atoms with van der Waals surface area (Å²) in [7, 11) is 0. The first-order valence-electron chi connectivity index (χ1n) is 8.51. The fraction of sp³-hybridized carbons (Fsp3) is 0.250. The highest BCUT2D eigenvalue weighted by Gasteiger charge is 2.17. The summed E-state index contributed by atoms with van der Waals surface area (Å²) in [6.07, 6.45) is 2.37. The Kier molecular flexibility index (Phi) is 6.13. The van der Waals surface area contributed by atoms with Gasteiger partial charge in [-0.1, -0.05) is 37.2 Å². The number of ether oxygens (including phenoxy) is 1. The Labute approximate surface area is 160 Å². The van der Waals surface area contributed by atoms with Gasteiger partial charge in [-0.2, -0.15) is 4.98 Å². The maximum atomic E-state index is 13.1. The first-order chi connectivity index (χ1) is 13.0. The third kappa shape index (κ3) is 5.34. The van der Waals surface area contributed by atoms with E-state index in [2.05, 4.69) is 24.0 Å². The standard InChI is InChI=1S/C20H19FN2O3S/c1-13(2)10-18-22-19(26-23-18)12-25-20(24)16(17-4-3-9-27-17)11-14-5-7-15(21)8-6-14/h3-9,11,13H,10,12H2,1-2H3/b16-11+. The Morgan fingerprint density at radius 3 is 2.74 bits per heavy atom. The number of carbonyl (C=O) groups excluding carboxylic acids is 1. The summed E-state index contributed by atoms with van der Waals surface area (Å²) in [5.41, 5.74) is 1.09. The van der Waals surface area contributed by atoms with E-state index < -0.39 is 5.97 Å². The van der Waals surface area contributed by atoms with Gasteiger partial charge in [0.1, 0.15) is 5.82 Å². The van der Waals surface area contributed by atoms with Gasteiger partial charge in [-0.05, 0) is 41.1 Å². The number of aromatic nitrogens is 2. The summed E-state index contributed by atoms with van der Waals surface area (Å²) in [6.45, 7) is 4.02. The SMILES string of the molecule is CC(C)Cc1noc(COC(=O)/C(=C/c2ccc(F)cc2)c2cccs2)n1. The van der Waals surface area contributed by atoms with Crippen molar-refractivity contribution in [2.45, 2.75) is 26.9 Å². The average Bonchev–Trinajstić information content (AvgIpc) is 3.31. The van der Waals surface area contributed by atoms with Gasteiger partial charge in [0.05, 0.1) is 5.57 Å². The fourth-order valence-corrected chi connectivity index (χ4v) is 3.12. The quantitative estimate of drug-likeness (QED) is 0.433. The van der Waals surface area contributed by atoms with E-state index in [0.717, 1.165) is 4.88 Å². The highest BCUT2D eigenvalue weighted by molar-refractivity contribution is 7.11. The molecule has 140 valence electrons. The fourth-order valence-electron chi connectivity index (χ4n) is 2.39. The van der Waals surface area contributed by atoms with Crippen molar-refractivity contribution in [1.29, 1.82) is 0 Å². The lowest BCUT2D eigenvalue weighted by Gasteiger charge is -2.06. The van der Waals surface area contributed by atoms with Crippen molar-refractivity contribution in [2.75, 3.05) is 0 Å². The zero-order valence-electron chi connectivity index (χ0n) is 15.0. The van der Waals surface area contributed by atoms with E-state index in [1.165, 1.54) is 23.5 Å². The monoisotopic (exact) mass is 386 g/mol. The Morgan fingerprint density at radius 1 is 1.30 bits per heavy atom. The number of hydrogen-bond donors (Lipinski definition) is 0. The number of halogens is 1. The van der Waals surface area contributed by atoms with Crippen LogP contribution < -0.4 is 0 Å². The van der Waals surface area contributed by atoms with Gasteiger partial charge in [0.2, 0.25) is 0 Å². The second-order valence-electron chi connectivity index (χ2n) is 6.37. The summed E-state index contributed by atoms with van der Waals surface area (Å²) < 4.78 is 23.6. The largest absolute Gasteiger partial charge is 0.452 e. The molecule has 2 aromatic heterocycles. The van der Waals surface area contributed by atoms with Crippen molar-refractivity contribution in [1.82, 2.24) is 10.1 Å². The van der Waals surface area contributed by atoms with Crippen LogP contribution in [-0.2, 0) is 22.6 Å². The van der Waals surface area contributed by atoms with Crippen LogP contribution in [-0.4, -0.2) is 16.1 Å². The lowest BCUT2D eigenvalue weighted by atomic mass is 10.1. The van der Waals surface area contributed by atoms with E-state index in [-0.39, 0.29) is 18.3 Å². The highest BCUT2D eigenvalue weighted by atomic mass is 32.1. The molecule has 27 heavy (non-hydrogen) atoms. The van der Waals surface area contributed by atoms with E-state index in [1.54, 1.807) is 18.2 Å². The van der Waals surface area contributed by atoms with Crippen LogP contribution in [0.3, 0.4) is 0 Å². The number of rotatable bonds is 7. The molecule has 0 unspecified atom stereocenters. The molecular formula is C20H19FN2O3S. The number of carbonyl (C=O) groups is 1. The van der Waals surface area contributed by atoms with Crippen molar-refractivity contribution < 1.29 is 18.4 Å². The molecule has 3 rings (SSSR count). The van der Waals surface area contributed by atoms with Crippen LogP contribution in [0.15, 0.2) is 46.3 Å². The molecule has 0 radical (unpaired) electrons. The van der Waals surface area contributed by atoms with Gasteiger partial charge in [0, 0.05) is 11.3 Å². The van der Waals surface area contributed by atoms with E-state index in [9.17, 15) is 9.18 Å². The predicted molar refractivity (Wildman–Crippen MR) is 101 cm³/mol. The van der Waals surface area contributed by atoms with Gasteiger partial charge >= 0.3 is 5.97 Å². The van der Waals surface area contributed by atoms with Crippen LogP contribution in [0.1, 0.15) is 36.0 Å². The summed E-state index contributed by atoms with van der Waals surface area (Å²) in [6, 6.07) is 9.57. The second-order valence-corrected chi connectivity index (χ2v) is 7.31. The number of nitrogens with zero attached hydrogens (tertiary/aromatic N) is 2. The summed E-state index contributed by atoms with van der Waals surface area (Å²) in [5.74, 6) is 0.413. The van der Waals surface area contributed by atoms with Crippen LogP contribution in [0.2, 0.25) is 0 Å². The smallest absolute Gasteiger partial charge is 0.340 e. The van der Waals surface area contributed by atoms with Crippen LogP contribution in [0.25, 0.3) is 11.6 Å². The highest BCUT2D eigenvalue weighted by Crippen LogP contribution is 2.25. The maximum Gasteiger partial charge on any atom is 0.340 e. The van der Waals surface area contributed by atoms with Gasteiger partial charge in [0.25, 0.3) is 5.89 Å². The lowest BCUT2D eigenvalue weighted by Crippen LogP contribution is -2.07. The first-order valence-corrected chi connectivity index (χ1v) is 9.39. The van der Waals surface area contributed by atoms with Crippen molar-refractivity contribution in [3.63, 3.8) is 0 Å². The Morgan fingerprint density at radius 2 is 2.07 bits per heavy atom. The molecular weight excluding hydrogens is 367 g/mol. The van der Waals surface area contributed by atoms with Crippen LogP contribution in [0.4, 0.5) is 4.39 Å². The van der Waals surface area contributed by atoms with Gasteiger partial charge in [-0.3, -0.25) is 0 Å². The minimum absolute atomic E-state index is 0.101. The third-order valence-electron chi connectivity index (χ3n) is 3.62. The van der Waals surface area contributed by atoms with Crippen molar-refractivity contribution in [3.05, 3.63) is 69.8 Å². The topological polar surface area (TPSA) is 65.2 Å². The molecule has 5 nitrogen and oxygen atoms in total. The number of thiophene rings is 1. The Hall–Kier alpha value is -2.80. The number of hydrogen-bond acceptors (Lipinski definition) is 6. The van der Waals surface area contributed by atoms with Gasteiger partial charge in [0.15, 0.2) is 12.4 Å². The van der Waals surface area contributed by atoms with Crippen LogP contribution >= 0.6 is 11.3 Å². The maximum absolute atomic E-state index is 13.1. The lowest BCUT2D eigenvalue weighted by molar-refractivity contribution is -0.138. The molecule has 7 heteroatoms. The number of benzene rings is 1. The summed E-state index contributed by atoms with van der Waals surface area (Å²) >= 11 is 1.42. The van der Waals surface area contributed by atoms with E-state index in [1.807, 2.05) is 17.5 Å². The first kappa shape index (κ1) is 19.0. The van der Waals surface area contributed by atoms with Crippen molar-refractivity contribution >= 4 is 29.0 Å². The van der Waals surface area contributed by atoms with Gasteiger partial charge < -0.3 is 9.26 Å². The zero-order chi connectivity index (χ0) is 19.2. The van der Waals surface area contributed by atoms with Crippen molar-refractivity contribution in [2.24, 2.45) is 5.92 Å². The minimum atomic E-state index is -0.509. The van der Waals surface area contributed by atoms with E-state index >= 15 is 0 Å². The van der Waals surface area contributed by atoms with Crippen LogP contribution in [0.5, 0.6) is 0 Å². The molecule has 0 saturated carbocycles. The second kappa shape index (κ2) is 8.73. The zero-order valence-corrected chi connectivity index (χ0v) is 15.8. The molecule has 0 amide bonds. The van der Waals surface area contributed by atoms with Crippen LogP contribution in [0, 0.1) is 11.7 Å². The molecule has 0 fully saturated rings. The predicted octanol–water partition coefficient (Wildman–Crippen LogP) is 4.75. The van der Waals surface area contributed by atoms with Crippen molar-refractivity contribution in [3.8, 4) is 0 Å². The average molecular weight is 386 g/mol. The van der Waals surface area contributed by atoms with Gasteiger partial charge in [-0.15, -0.1) is 11.3 Å². The normalized spacial score (nSPS) is 11.8. The molecule has 1 aromatic carbocycles. The molecule has 0 saturated heterocycles. The minimum Gasteiger partial charge on any atom is -0.452 e. The molecule has 0 aliphatic heterocycles. The molecule has 3 aromatic rings. The van der Waals surface area contributed by atoms with E-state index in [4.69, 9.17) is 9.26 Å². The third-order valence-corrected chi connectivity index (χ3v) is 4.52. The molecule has 0 bridgehead atoms. The molecule has 0 atom stereocenters. The summed E-state index contributed by atoms with van der Waals surface area (Å²) in [4.78, 5) is 17.6. The molecule has 0 aliphatic carbocycles. The molecule has 2 heterocycles. The Balaban J connectivity index is 1.74. The number of esters is 1. The van der Waals surface area contributed by atoms with Gasteiger partial charge in [-0.25, -0.2) is 9.18 Å². The molecule has 0 N–H and O–H groups in total. The molecule has 0 spiro atoms. The van der Waals surface area contributed by atoms with E-state index in [0.29, 0.717) is 29.3 Å². The Bertz CT molecular complexity index is 915.